The molecule has 2 heterocycles. The van der Waals surface area contributed by atoms with Crippen molar-refractivity contribution in [1.29, 1.82) is 0 Å². The molecule has 0 bridgehead atoms. The van der Waals surface area contributed by atoms with Crippen LogP contribution in [0.1, 0.15) is 42.1 Å². The number of Topliss-reactive ketones (excluding diaryl/α,β-unsaturated/α-hetero) is 1. The summed E-state index contributed by atoms with van der Waals surface area (Å²) in [4.78, 5) is 28.4. The lowest BCUT2D eigenvalue weighted by atomic mass is 9.94. The monoisotopic (exact) mass is 525 g/mol. The molecule has 1 amide bonds. The van der Waals surface area contributed by atoms with Gasteiger partial charge in [0.1, 0.15) is 24.2 Å². The van der Waals surface area contributed by atoms with Gasteiger partial charge in [0, 0.05) is 18.5 Å². The molecule has 2 atom stereocenters. The fraction of sp³-hybridized carbons (Fsp3) is 0.250. The van der Waals surface area contributed by atoms with Gasteiger partial charge in [0.2, 0.25) is 0 Å². The first kappa shape index (κ1) is 26.1. The highest BCUT2D eigenvalue weighted by Gasteiger charge is 2.46. The van der Waals surface area contributed by atoms with Crippen molar-refractivity contribution < 1.29 is 28.9 Å². The standard InChI is InChI=1S/C32H31NO6/c1-4-15-38-26-14-11-22(18-27(26)37-5-2)29-28(30(34)23-12-13-25-24(17-23)16-20(3)39-25)31(35)32(36)33(29)19-21-9-7-6-8-10-21/h4,6-14,17-18,20,29,34H,1,5,15-16,19H2,2-3H3/b30-28+/t20-,29+/m1/s1. The van der Waals surface area contributed by atoms with Crippen LogP contribution in [0, 0.1) is 0 Å². The predicted octanol–water partition coefficient (Wildman–Crippen LogP) is 5.60. The average molecular weight is 526 g/mol. The van der Waals surface area contributed by atoms with Crippen LogP contribution >= 0.6 is 0 Å². The third-order valence-corrected chi connectivity index (χ3v) is 6.85. The number of likely N-dealkylation sites (tertiary alicyclic amines) is 1. The van der Waals surface area contributed by atoms with Crippen LogP contribution in [0.15, 0.2) is 85.0 Å². The zero-order chi connectivity index (χ0) is 27.5. The van der Waals surface area contributed by atoms with Crippen LogP contribution in [0.25, 0.3) is 5.76 Å². The topological polar surface area (TPSA) is 85.3 Å². The summed E-state index contributed by atoms with van der Waals surface area (Å²) >= 11 is 0. The summed E-state index contributed by atoms with van der Waals surface area (Å²) < 4.78 is 17.4. The highest BCUT2D eigenvalue weighted by atomic mass is 16.5. The molecule has 7 heteroatoms. The van der Waals surface area contributed by atoms with Gasteiger partial charge in [-0.15, -0.1) is 0 Å². The van der Waals surface area contributed by atoms with Gasteiger partial charge in [-0.1, -0.05) is 49.1 Å². The lowest BCUT2D eigenvalue weighted by Gasteiger charge is -2.26. The van der Waals surface area contributed by atoms with E-state index in [4.69, 9.17) is 14.2 Å². The predicted molar refractivity (Wildman–Crippen MR) is 148 cm³/mol. The Labute approximate surface area is 227 Å². The second kappa shape index (κ2) is 11.1. The van der Waals surface area contributed by atoms with Crippen molar-refractivity contribution in [3.63, 3.8) is 0 Å². The van der Waals surface area contributed by atoms with Gasteiger partial charge in [0.05, 0.1) is 18.2 Å². The van der Waals surface area contributed by atoms with Crippen molar-refractivity contribution >= 4 is 17.4 Å². The zero-order valence-electron chi connectivity index (χ0n) is 22.1. The zero-order valence-corrected chi connectivity index (χ0v) is 22.1. The molecule has 0 radical (unpaired) electrons. The van der Waals surface area contributed by atoms with Gasteiger partial charge in [-0.2, -0.15) is 0 Å². The number of ether oxygens (including phenoxy) is 3. The Morgan fingerprint density at radius 1 is 1.08 bits per heavy atom. The molecule has 5 rings (SSSR count). The van der Waals surface area contributed by atoms with Crippen LogP contribution in [0.2, 0.25) is 0 Å². The van der Waals surface area contributed by atoms with Crippen molar-refractivity contribution in [2.24, 2.45) is 0 Å². The number of rotatable bonds is 9. The van der Waals surface area contributed by atoms with Crippen molar-refractivity contribution in [3.8, 4) is 17.2 Å². The second-order valence-electron chi connectivity index (χ2n) is 9.61. The van der Waals surface area contributed by atoms with Gasteiger partial charge in [0.25, 0.3) is 11.7 Å². The molecule has 39 heavy (non-hydrogen) atoms. The molecule has 3 aromatic carbocycles. The third-order valence-electron chi connectivity index (χ3n) is 6.85. The molecule has 0 unspecified atom stereocenters. The first-order valence-electron chi connectivity index (χ1n) is 13.0. The van der Waals surface area contributed by atoms with E-state index in [0.29, 0.717) is 42.3 Å². The highest BCUT2D eigenvalue weighted by molar-refractivity contribution is 6.46. The quantitative estimate of drug-likeness (QED) is 0.170. The average Bonchev–Trinajstić information content (AvgIpc) is 3.43. The molecule has 7 nitrogen and oxygen atoms in total. The molecule has 200 valence electrons. The molecule has 1 saturated heterocycles. The van der Waals surface area contributed by atoms with E-state index < -0.39 is 17.7 Å². The summed E-state index contributed by atoms with van der Waals surface area (Å²) in [5, 5.41) is 11.5. The summed E-state index contributed by atoms with van der Waals surface area (Å²) in [6.45, 7) is 8.43. The number of hydrogen-bond acceptors (Lipinski definition) is 6. The Hall–Kier alpha value is -4.52. The van der Waals surface area contributed by atoms with E-state index in [9.17, 15) is 14.7 Å². The molecule has 0 spiro atoms. The largest absolute Gasteiger partial charge is 0.507 e. The van der Waals surface area contributed by atoms with Crippen molar-refractivity contribution in [2.45, 2.75) is 39.0 Å². The van der Waals surface area contributed by atoms with Gasteiger partial charge < -0.3 is 24.2 Å². The highest BCUT2D eigenvalue weighted by Crippen LogP contribution is 2.43. The molecule has 1 N–H and O–H groups in total. The van der Waals surface area contributed by atoms with E-state index in [1.165, 1.54) is 4.90 Å². The smallest absolute Gasteiger partial charge is 0.295 e. The van der Waals surface area contributed by atoms with Crippen LogP contribution in [0.3, 0.4) is 0 Å². The maximum absolute atomic E-state index is 13.5. The SMILES string of the molecule is C=CCOc1ccc([C@H]2/C(=C(\O)c3ccc4c(c3)C[C@@H](C)O4)C(=O)C(=O)N2Cc2ccccc2)cc1OCC. The third kappa shape index (κ3) is 5.12. The van der Waals surface area contributed by atoms with Crippen molar-refractivity contribution in [1.82, 2.24) is 4.90 Å². The molecule has 0 aromatic heterocycles. The Morgan fingerprint density at radius 3 is 2.62 bits per heavy atom. The summed E-state index contributed by atoms with van der Waals surface area (Å²) in [5.41, 5.74) is 2.93. The molecule has 2 aliphatic rings. The maximum atomic E-state index is 13.5. The van der Waals surface area contributed by atoms with Crippen LogP contribution in [-0.2, 0) is 22.6 Å². The minimum absolute atomic E-state index is 0.0325. The van der Waals surface area contributed by atoms with Crippen LogP contribution in [-0.4, -0.2) is 41.0 Å². The molecule has 2 aliphatic heterocycles. The second-order valence-corrected chi connectivity index (χ2v) is 9.61. The van der Waals surface area contributed by atoms with Gasteiger partial charge in [-0.25, -0.2) is 0 Å². The molecule has 1 fully saturated rings. The van der Waals surface area contributed by atoms with Gasteiger partial charge in [0.15, 0.2) is 11.5 Å². The Morgan fingerprint density at radius 2 is 1.87 bits per heavy atom. The Kier molecular flexibility index (Phi) is 7.41. The van der Waals surface area contributed by atoms with E-state index >= 15 is 0 Å². The number of nitrogens with zero attached hydrogens (tertiary/aromatic N) is 1. The first-order valence-corrected chi connectivity index (χ1v) is 13.0. The van der Waals surface area contributed by atoms with Crippen molar-refractivity contribution in [2.75, 3.05) is 13.2 Å². The maximum Gasteiger partial charge on any atom is 0.295 e. The van der Waals surface area contributed by atoms with Crippen LogP contribution in [0.5, 0.6) is 17.2 Å². The summed E-state index contributed by atoms with van der Waals surface area (Å²) in [7, 11) is 0. The summed E-state index contributed by atoms with van der Waals surface area (Å²) in [6.07, 6.45) is 2.38. The molecular formula is C32H31NO6. The number of ketones is 1. The number of hydrogen-bond donors (Lipinski definition) is 1. The van der Waals surface area contributed by atoms with E-state index in [0.717, 1.165) is 16.9 Å². The summed E-state index contributed by atoms with van der Waals surface area (Å²) in [6, 6.07) is 19.3. The number of aliphatic hydroxyl groups is 1. The number of carbonyl (C=O) groups excluding carboxylic acids is 2. The van der Waals surface area contributed by atoms with Crippen LogP contribution in [0.4, 0.5) is 0 Å². The fourth-order valence-corrected chi connectivity index (χ4v) is 5.13. The minimum atomic E-state index is -0.832. The number of fused-ring (bicyclic) bond motifs is 1. The molecular weight excluding hydrogens is 494 g/mol. The van der Waals surface area contributed by atoms with Crippen LogP contribution < -0.4 is 14.2 Å². The molecule has 0 saturated carbocycles. The lowest BCUT2D eigenvalue weighted by molar-refractivity contribution is -0.140. The Balaban J connectivity index is 1.64. The van der Waals surface area contributed by atoms with Gasteiger partial charge in [-0.3, -0.25) is 9.59 Å². The van der Waals surface area contributed by atoms with E-state index in [1.54, 1.807) is 36.4 Å². The first-order chi connectivity index (χ1) is 18.9. The number of benzene rings is 3. The van der Waals surface area contributed by atoms with E-state index in [1.807, 2.05) is 50.2 Å². The lowest BCUT2D eigenvalue weighted by Crippen LogP contribution is -2.29. The number of aliphatic hydroxyl groups excluding tert-OH is 1. The van der Waals surface area contributed by atoms with E-state index in [-0.39, 0.29) is 24.0 Å². The molecule has 0 aliphatic carbocycles. The summed E-state index contributed by atoms with van der Waals surface area (Å²) in [5.74, 6) is 0.133. The molecule has 3 aromatic rings. The van der Waals surface area contributed by atoms with Crippen molar-refractivity contribution in [3.05, 3.63) is 107 Å². The minimum Gasteiger partial charge on any atom is -0.507 e. The van der Waals surface area contributed by atoms with E-state index in [2.05, 4.69) is 6.58 Å². The van der Waals surface area contributed by atoms with Gasteiger partial charge in [-0.05, 0) is 60.9 Å². The normalized spacial score (nSPS) is 19.5. The Bertz CT molecular complexity index is 1440. The number of carbonyl (C=O) groups is 2. The fourth-order valence-electron chi connectivity index (χ4n) is 5.13. The number of amides is 1. The van der Waals surface area contributed by atoms with Gasteiger partial charge >= 0.3 is 0 Å².